The third-order valence-electron chi connectivity index (χ3n) is 4.62. The van der Waals surface area contributed by atoms with Gasteiger partial charge in [0.15, 0.2) is 0 Å². The van der Waals surface area contributed by atoms with Crippen LogP contribution in [-0.4, -0.2) is 32.6 Å². The molecule has 1 aliphatic rings. The van der Waals surface area contributed by atoms with Crippen molar-refractivity contribution in [3.8, 4) is 0 Å². The predicted molar refractivity (Wildman–Crippen MR) is 91.3 cm³/mol. The van der Waals surface area contributed by atoms with E-state index < -0.39 is 0 Å². The van der Waals surface area contributed by atoms with Crippen LogP contribution in [0.3, 0.4) is 0 Å². The molecule has 0 spiro atoms. The molecule has 0 aromatic carbocycles. The Hall–Kier alpha value is -2.24. The van der Waals surface area contributed by atoms with Crippen LogP contribution in [0.4, 0.5) is 4.79 Å². The summed E-state index contributed by atoms with van der Waals surface area (Å²) in [5.41, 5.74) is 1.04. The van der Waals surface area contributed by atoms with Crippen molar-refractivity contribution in [3.63, 3.8) is 0 Å². The minimum atomic E-state index is 0.00992. The molecule has 2 amide bonds. The van der Waals surface area contributed by atoms with Gasteiger partial charge in [-0.3, -0.25) is 0 Å². The molecule has 130 valence electrons. The second-order valence-electron chi connectivity index (χ2n) is 6.66. The van der Waals surface area contributed by atoms with E-state index in [0.29, 0.717) is 12.6 Å². The number of rotatable bonds is 6. The van der Waals surface area contributed by atoms with E-state index in [-0.39, 0.29) is 12.1 Å². The van der Waals surface area contributed by atoms with Gasteiger partial charge >= 0.3 is 6.03 Å². The molecule has 2 aromatic rings. The third-order valence-corrected chi connectivity index (χ3v) is 4.62. The number of hydrogen-bond donors (Lipinski definition) is 1. The standard InChI is InChI=1S/C18H26N4O2/c1-15(11-21-9-8-19-14-21)20-18(23)22(12-16-7-10-24-13-16)17-5-3-2-4-6-17/h7-10,13-15,17H,2-6,11-12H2,1H3,(H,20,23)/t15-/m1/s1. The summed E-state index contributed by atoms with van der Waals surface area (Å²) < 4.78 is 7.14. The molecular formula is C18H26N4O2. The van der Waals surface area contributed by atoms with E-state index in [1.807, 2.05) is 28.7 Å². The highest BCUT2D eigenvalue weighted by atomic mass is 16.3. The Bertz CT molecular complexity index is 603. The third kappa shape index (κ3) is 4.40. The van der Waals surface area contributed by atoms with Gasteiger partial charge in [0, 0.05) is 36.6 Å². The van der Waals surface area contributed by atoms with E-state index in [4.69, 9.17) is 4.42 Å². The quantitative estimate of drug-likeness (QED) is 0.883. The van der Waals surface area contributed by atoms with Crippen molar-refractivity contribution < 1.29 is 9.21 Å². The normalized spacial score (nSPS) is 16.7. The Kier molecular flexibility index (Phi) is 5.56. The van der Waals surface area contributed by atoms with Gasteiger partial charge in [0.2, 0.25) is 0 Å². The Morgan fingerprint density at radius 3 is 2.96 bits per heavy atom. The van der Waals surface area contributed by atoms with Crippen LogP contribution in [0.15, 0.2) is 41.7 Å². The summed E-state index contributed by atoms with van der Waals surface area (Å²) in [5.74, 6) is 0. The van der Waals surface area contributed by atoms with Crippen molar-refractivity contribution in [1.82, 2.24) is 19.8 Å². The highest BCUT2D eigenvalue weighted by Gasteiger charge is 2.26. The highest BCUT2D eigenvalue weighted by Crippen LogP contribution is 2.24. The molecule has 0 saturated heterocycles. The fourth-order valence-corrected chi connectivity index (χ4v) is 3.39. The Balaban J connectivity index is 1.63. The van der Waals surface area contributed by atoms with Crippen molar-refractivity contribution in [2.24, 2.45) is 0 Å². The van der Waals surface area contributed by atoms with Crippen LogP contribution in [0.25, 0.3) is 0 Å². The minimum Gasteiger partial charge on any atom is -0.472 e. The smallest absolute Gasteiger partial charge is 0.318 e. The second kappa shape index (κ2) is 8.04. The topological polar surface area (TPSA) is 63.3 Å². The van der Waals surface area contributed by atoms with E-state index in [1.165, 1.54) is 19.3 Å². The number of hydrogen-bond acceptors (Lipinski definition) is 3. The number of aromatic nitrogens is 2. The van der Waals surface area contributed by atoms with Crippen LogP contribution in [0, 0.1) is 0 Å². The number of imidazole rings is 1. The zero-order chi connectivity index (χ0) is 16.8. The molecule has 1 aliphatic carbocycles. The van der Waals surface area contributed by atoms with Crippen molar-refractivity contribution in [3.05, 3.63) is 42.9 Å². The van der Waals surface area contributed by atoms with E-state index in [9.17, 15) is 4.79 Å². The first-order chi connectivity index (χ1) is 11.7. The van der Waals surface area contributed by atoms with Gasteiger partial charge in [-0.25, -0.2) is 9.78 Å². The van der Waals surface area contributed by atoms with Gasteiger partial charge < -0.3 is 19.2 Å². The van der Waals surface area contributed by atoms with E-state index in [0.717, 1.165) is 24.9 Å². The molecule has 6 heteroatoms. The van der Waals surface area contributed by atoms with Crippen LogP contribution in [0.5, 0.6) is 0 Å². The monoisotopic (exact) mass is 330 g/mol. The van der Waals surface area contributed by atoms with Gasteiger partial charge in [0.25, 0.3) is 0 Å². The summed E-state index contributed by atoms with van der Waals surface area (Å²) >= 11 is 0. The summed E-state index contributed by atoms with van der Waals surface area (Å²) in [6, 6.07) is 2.30. The number of carbonyl (C=O) groups is 1. The molecule has 2 heterocycles. The summed E-state index contributed by atoms with van der Waals surface area (Å²) in [4.78, 5) is 18.9. The first-order valence-electron chi connectivity index (χ1n) is 8.76. The first-order valence-corrected chi connectivity index (χ1v) is 8.76. The molecule has 0 unspecified atom stereocenters. The zero-order valence-corrected chi connectivity index (χ0v) is 14.2. The highest BCUT2D eigenvalue weighted by molar-refractivity contribution is 5.74. The molecule has 1 atom stereocenters. The van der Waals surface area contributed by atoms with Gasteiger partial charge in [-0.05, 0) is 25.8 Å². The lowest BCUT2D eigenvalue weighted by Gasteiger charge is -2.35. The molecule has 1 fully saturated rings. The van der Waals surface area contributed by atoms with Crippen molar-refractivity contribution in [1.29, 1.82) is 0 Å². The number of furan rings is 1. The Labute approximate surface area is 142 Å². The van der Waals surface area contributed by atoms with Gasteiger partial charge in [-0.15, -0.1) is 0 Å². The molecule has 0 aliphatic heterocycles. The molecule has 6 nitrogen and oxygen atoms in total. The van der Waals surface area contributed by atoms with Gasteiger partial charge in [0.05, 0.1) is 25.4 Å². The van der Waals surface area contributed by atoms with E-state index in [1.54, 1.807) is 25.1 Å². The van der Waals surface area contributed by atoms with Crippen molar-refractivity contribution in [2.45, 2.75) is 64.2 Å². The lowest BCUT2D eigenvalue weighted by Crippen LogP contribution is -2.49. The van der Waals surface area contributed by atoms with Crippen LogP contribution in [0.1, 0.15) is 44.6 Å². The fraction of sp³-hybridized carbons (Fsp3) is 0.556. The largest absolute Gasteiger partial charge is 0.472 e. The lowest BCUT2D eigenvalue weighted by atomic mass is 9.94. The van der Waals surface area contributed by atoms with Crippen molar-refractivity contribution in [2.75, 3.05) is 0 Å². The molecule has 3 rings (SSSR count). The molecular weight excluding hydrogens is 304 g/mol. The fourth-order valence-electron chi connectivity index (χ4n) is 3.39. The van der Waals surface area contributed by atoms with E-state index >= 15 is 0 Å². The average Bonchev–Trinajstić information content (AvgIpc) is 3.27. The summed E-state index contributed by atoms with van der Waals surface area (Å²) in [6.45, 7) is 3.34. The zero-order valence-electron chi connectivity index (χ0n) is 14.2. The maximum Gasteiger partial charge on any atom is 0.318 e. The SMILES string of the molecule is C[C@H](Cn1ccnc1)NC(=O)N(Cc1ccoc1)C1CCCCC1. The molecule has 1 N–H and O–H groups in total. The predicted octanol–water partition coefficient (Wildman–Crippen LogP) is 3.41. The molecule has 0 bridgehead atoms. The summed E-state index contributed by atoms with van der Waals surface area (Å²) in [6.07, 6.45) is 14.7. The lowest BCUT2D eigenvalue weighted by molar-refractivity contribution is 0.147. The Morgan fingerprint density at radius 1 is 1.46 bits per heavy atom. The molecule has 2 aromatic heterocycles. The van der Waals surface area contributed by atoms with Crippen LogP contribution >= 0.6 is 0 Å². The second-order valence-corrected chi connectivity index (χ2v) is 6.66. The minimum absolute atomic E-state index is 0.00992. The number of urea groups is 1. The summed E-state index contributed by atoms with van der Waals surface area (Å²) in [7, 11) is 0. The van der Waals surface area contributed by atoms with Crippen LogP contribution in [-0.2, 0) is 13.1 Å². The molecule has 24 heavy (non-hydrogen) atoms. The summed E-state index contributed by atoms with van der Waals surface area (Å²) in [5, 5.41) is 3.14. The van der Waals surface area contributed by atoms with E-state index in [2.05, 4.69) is 10.3 Å². The molecule has 0 radical (unpaired) electrons. The van der Waals surface area contributed by atoms with Crippen LogP contribution in [0.2, 0.25) is 0 Å². The number of amides is 2. The van der Waals surface area contributed by atoms with Gasteiger partial charge in [-0.2, -0.15) is 0 Å². The number of nitrogens with one attached hydrogen (secondary N) is 1. The van der Waals surface area contributed by atoms with Crippen molar-refractivity contribution >= 4 is 6.03 Å². The molecule has 1 saturated carbocycles. The van der Waals surface area contributed by atoms with Crippen LogP contribution < -0.4 is 5.32 Å². The van der Waals surface area contributed by atoms with Gasteiger partial charge in [-0.1, -0.05) is 19.3 Å². The number of carbonyl (C=O) groups excluding carboxylic acids is 1. The Morgan fingerprint density at radius 2 is 2.29 bits per heavy atom. The maximum atomic E-state index is 12.9. The first kappa shape index (κ1) is 16.6. The number of nitrogens with zero attached hydrogens (tertiary/aromatic N) is 3. The maximum absolute atomic E-state index is 12.9. The van der Waals surface area contributed by atoms with Gasteiger partial charge in [0.1, 0.15) is 0 Å². The average molecular weight is 330 g/mol.